The second-order valence-electron chi connectivity index (χ2n) is 3.79. The third-order valence-corrected chi connectivity index (χ3v) is 2.41. The Bertz CT molecular complexity index is 528. The molecule has 19 heavy (non-hydrogen) atoms. The quantitative estimate of drug-likeness (QED) is 0.512. The van der Waals surface area contributed by atoms with Gasteiger partial charge in [0.25, 0.3) is 11.6 Å². The summed E-state index contributed by atoms with van der Waals surface area (Å²) in [5, 5.41) is 30.5. The topological polar surface area (TPSA) is 130 Å². The molecule has 0 saturated heterocycles. The van der Waals surface area contributed by atoms with E-state index in [2.05, 4.69) is 5.32 Å². The van der Waals surface area contributed by atoms with Crippen molar-refractivity contribution in [3.63, 3.8) is 0 Å². The zero-order valence-corrected chi connectivity index (χ0v) is 9.99. The van der Waals surface area contributed by atoms with Gasteiger partial charge in [-0.2, -0.15) is 0 Å². The molecule has 0 aliphatic rings. The smallest absolute Gasteiger partial charge is 0.334 e. The molecule has 0 aliphatic carbocycles. The molecule has 3 N–H and O–H groups in total. The molecular weight excluding hydrogens is 256 g/mol. The first-order chi connectivity index (χ1) is 8.84. The van der Waals surface area contributed by atoms with Gasteiger partial charge in [0.2, 0.25) is 0 Å². The van der Waals surface area contributed by atoms with E-state index in [9.17, 15) is 19.7 Å². The van der Waals surface area contributed by atoms with Crippen LogP contribution in [0, 0.1) is 17.0 Å². The second kappa shape index (κ2) is 5.91. The van der Waals surface area contributed by atoms with E-state index in [1.165, 1.54) is 25.1 Å². The standard InChI is InChI=1S/C11H12N2O6/c1-6-3-2-4-7(9(6)13(18)19)10(15)12-5-8(14)11(16)17/h2-4,8,14H,5H2,1H3,(H,12,15)(H,16,17). The Hall–Kier alpha value is -2.48. The Labute approximate surface area is 107 Å². The van der Waals surface area contributed by atoms with Gasteiger partial charge in [-0.15, -0.1) is 0 Å². The van der Waals surface area contributed by atoms with Crippen LogP contribution in [-0.2, 0) is 4.79 Å². The molecule has 0 spiro atoms. The molecule has 0 bridgehead atoms. The minimum atomic E-state index is -1.76. The van der Waals surface area contributed by atoms with E-state index >= 15 is 0 Å². The maximum absolute atomic E-state index is 11.7. The SMILES string of the molecule is Cc1cccc(C(=O)NCC(O)C(=O)O)c1[N+](=O)[O-]. The van der Waals surface area contributed by atoms with Crippen LogP contribution in [0.25, 0.3) is 0 Å². The number of nitrogens with one attached hydrogen (secondary N) is 1. The van der Waals surface area contributed by atoms with Crippen LogP contribution in [0.15, 0.2) is 18.2 Å². The Morgan fingerprint density at radius 1 is 1.47 bits per heavy atom. The lowest BCUT2D eigenvalue weighted by atomic mass is 10.1. The number of carbonyl (C=O) groups is 2. The number of carboxylic acid groups (broad SMARTS) is 1. The van der Waals surface area contributed by atoms with Gasteiger partial charge in [-0.25, -0.2) is 4.79 Å². The van der Waals surface area contributed by atoms with Gasteiger partial charge in [0.1, 0.15) is 5.56 Å². The monoisotopic (exact) mass is 268 g/mol. The zero-order chi connectivity index (χ0) is 14.6. The van der Waals surface area contributed by atoms with Crippen LogP contribution in [0.3, 0.4) is 0 Å². The third kappa shape index (κ3) is 3.49. The molecule has 0 heterocycles. The van der Waals surface area contributed by atoms with Crippen molar-refractivity contribution in [2.24, 2.45) is 0 Å². The number of amides is 1. The summed E-state index contributed by atoms with van der Waals surface area (Å²) in [6, 6.07) is 4.22. The van der Waals surface area contributed by atoms with Crippen LogP contribution in [0.5, 0.6) is 0 Å². The predicted octanol–water partition coefficient (Wildman–Crippen LogP) is 0.0785. The molecule has 0 aromatic heterocycles. The molecule has 0 fully saturated rings. The number of para-hydroxylation sites is 1. The highest BCUT2D eigenvalue weighted by atomic mass is 16.6. The lowest BCUT2D eigenvalue weighted by molar-refractivity contribution is -0.385. The van der Waals surface area contributed by atoms with Crippen molar-refractivity contribution in [3.8, 4) is 0 Å². The number of hydrogen-bond donors (Lipinski definition) is 3. The van der Waals surface area contributed by atoms with Gasteiger partial charge >= 0.3 is 5.97 Å². The molecule has 1 amide bonds. The first-order valence-electron chi connectivity index (χ1n) is 5.27. The largest absolute Gasteiger partial charge is 0.479 e. The summed E-state index contributed by atoms with van der Waals surface area (Å²) < 4.78 is 0. The first kappa shape index (κ1) is 14.6. The summed E-state index contributed by atoms with van der Waals surface area (Å²) in [4.78, 5) is 32.3. The summed E-state index contributed by atoms with van der Waals surface area (Å²) in [6.07, 6.45) is -1.76. The normalized spacial score (nSPS) is 11.7. The molecule has 1 aromatic carbocycles. The van der Waals surface area contributed by atoms with E-state index < -0.39 is 29.4 Å². The Morgan fingerprint density at radius 2 is 2.11 bits per heavy atom. The summed E-state index contributed by atoms with van der Waals surface area (Å²) in [7, 11) is 0. The maximum atomic E-state index is 11.7. The fourth-order valence-corrected chi connectivity index (χ4v) is 1.46. The summed E-state index contributed by atoms with van der Waals surface area (Å²) in [5.74, 6) is -2.30. The van der Waals surface area contributed by atoms with Gasteiger partial charge in [-0.1, -0.05) is 12.1 Å². The number of aliphatic carboxylic acids is 1. The second-order valence-corrected chi connectivity index (χ2v) is 3.79. The highest BCUT2D eigenvalue weighted by Gasteiger charge is 2.23. The van der Waals surface area contributed by atoms with Crippen molar-refractivity contribution in [2.45, 2.75) is 13.0 Å². The third-order valence-electron chi connectivity index (χ3n) is 2.41. The number of carboxylic acids is 1. The van der Waals surface area contributed by atoms with Crippen molar-refractivity contribution in [2.75, 3.05) is 6.54 Å². The highest BCUT2D eigenvalue weighted by molar-refractivity contribution is 5.98. The van der Waals surface area contributed by atoms with E-state index in [0.717, 1.165) is 0 Å². The molecule has 0 aliphatic heterocycles. The van der Waals surface area contributed by atoms with Crippen molar-refractivity contribution in [1.82, 2.24) is 5.32 Å². The van der Waals surface area contributed by atoms with Gasteiger partial charge in [0.15, 0.2) is 6.10 Å². The molecule has 8 heteroatoms. The number of nitrogens with zero attached hydrogens (tertiary/aromatic N) is 1. The number of nitro benzene ring substituents is 1. The number of carbonyl (C=O) groups excluding carboxylic acids is 1. The number of benzene rings is 1. The summed E-state index contributed by atoms with van der Waals surface area (Å²) in [5.41, 5.74) is -0.205. The minimum absolute atomic E-state index is 0.178. The van der Waals surface area contributed by atoms with E-state index in [1.807, 2.05) is 0 Å². The van der Waals surface area contributed by atoms with Crippen molar-refractivity contribution in [3.05, 3.63) is 39.4 Å². The molecule has 0 radical (unpaired) electrons. The van der Waals surface area contributed by atoms with E-state index in [4.69, 9.17) is 10.2 Å². The van der Waals surface area contributed by atoms with Crippen LogP contribution in [0.1, 0.15) is 15.9 Å². The van der Waals surface area contributed by atoms with Crippen LogP contribution >= 0.6 is 0 Å². The molecule has 8 nitrogen and oxygen atoms in total. The van der Waals surface area contributed by atoms with Gasteiger partial charge in [0.05, 0.1) is 11.5 Å². The van der Waals surface area contributed by atoms with Crippen LogP contribution in [0.2, 0.25) is 0 Å². The number of aryl methyl sites for hydroxylation is 1. The number of rotatable bonds is 5. The fraction of sp³-hybridized carbons (Fsp3) is 0.273. The van der Waals surface area contributed by atoms with Gasteiger partial charge in [-0.3, -0.25) is 14.9 Å². The Morgan fingerprint density at radius 3 is 2.63 bits per heavy atom. The lowest BCUT2D eigenvalue weighted by Gasteiger charge is -2.08. The lowest BCUT2D eigenvalue weighted by Crippen LogP contribution is -2.36. The molecule has 1 unspecified atom stereocenters. The van der Waals surface area contributed by atoms with E-state index in [1.54, 1.807) is 0 Å². The molecule has 1 rings (SSSR count). The summed E-state index contributed by atoms with van der Waals surface area (Å²) in [6.45, 7) is 0.959. The van der Waals surface area contributed by atoms with Crippen molar-refractivity contribution >= 4 is 17.6 Å². The van der Waals surface area contributed by atoms with Gasteiger partial charge in [-0.05, 0) is 13.0 Å². The van der Waals surface area contributed by atoms with Crippen molar-refractivity contribution < 1.29 is 24.7 Å². The van der Waals surface area contributed by atoms with Crippen molar-refractivity contribution in [1.29, 1.82) is 0 Å². The number of nitro groups is 1. The molecule has 0 saturated carbocycles. The first-order valence-corrected chi connectivity index (χ1v) is 5.27. The fourth-order valence-electron chi connectivity index (χ4n) is 1.46. The minimum Gasteiger partial charge on any atom is -0.479 e. The number of aliphatic hydroxyl groups excluding tert-OH is 1. The average Bonchev–Trinajstić information content (AvgIpc) is 2.34. The Kier molecular flexibility index (Phi) is 4.54. The van der Waals surface area contributed by atoms with Gasteiger partial charge < -0.3 is 15.5 Å². The van der Waals surface area contributed by atoms with E-state index in [-0.39, 0.29) is 11.3 Å². The highest BCUT2D eigenvalue weighted by Crippen LogP contribution is 2.22. The predicted molar refractivity (Wildman–Crippen MR) is 63.8 cm³/mol. The zero-order valence-electron chi connectivity index (χ0n) is 9.99. The summed E-state index contributed by atoms with van der Waals surface area (Å²) >= 11 is 0. The number of hydrogen-bond acceptors (Lipinski definition) is 5. The average molecular weight is 268 g/mol. The molecular formula is C11H12N2O6. The molecule has 1 atom stereocenters. The van der Waals surface area contributed by atoms with Crippen LogP contribution in [-0.4, -0.2) is 39.7 Å². The van der Waals surface area contributed by atoms with Crippen LogP contribution in [0.4, 0.5) is 5.69 Å². The Balaban J connectivity index is 2.92. The van der Waals surface area contributed by atoms with E-state index in [0.29, 0.717) is 5.56 Å². The maximum Gasteiger partial charge on any atom is 0.334 e. The van der Waals surface area contributed by atoms with Crippen LogP contribution < -0.4 is 5.32 Å². The number of aliphatic hydroxyl groups is 1. The van der Waals surface area contributed by atoms with Gasteiger partial charge in [0, 0.05) is 5.56 Å². The molecule has 1 aromatic rings. The molecule has 102 valence electrons.